The smallest absolute Gasteiger partial charge is 0.107 e. The SMILES string of the molecule is Cc1cc(C)c(C)c(-c2n[nH]c(CCN)c2Br)c1C. The fourth-order valence-electron chi connectivity index (χ4n) is 2.41. The van der Waals surface area contributed by atoms with Gasteiger partial charge in [-0.3, -0.25) is 5.10 Å². The van der Waals surface area contributed by atoms with Gasteiger partial charge < -0.3 is 5.73 Å². The van der Waals surface area contributed by atoms with E-state index in [1.165, 1.54) is 27.8 Å². The summed E-state index contributed by atoms with van der Waals surface area (Å²) in [6, 6.07) is 2.23. The largest absolute Gasteiger partial charge is 0.330 e. The highest BCUT2D eigenvalue weighted by Crippen LogP contribution is 2.36. The van der Waals surface area contributed by atoms with Crippen molar-refractivity contribution in [3.8, 4) is 11.3 Å². The molecule has 0 unspecified atom stereocenters. The summed E-state index contributed by atoms with van der Waals surface area (Å²) in [5.74, 6) is 0. The van der Waals surface area contributed by atoms with E-state index >= 15 is 0 Å². The highest BCUT2D eigenvalue weighted by Gasteiger charge is 2.17. The van der Waals surface area contributed by atoms with Crippen LogP contribution in [0.25, 0.3) is 11.3 Å². The van der Waals surface area contributed by atoms with Gasteiger partial charge in [-0.15, -0.1) is 0 Å². The predicted octanol–water partition coefficient (Wildman–Crippen LogP) is 3.57. The number of hydrogen-bond acceptors (Lipinski definition) is 2. The molecule has 0 radical (unpaired) electrons. The molecule has 0 aliphatic heterocycles. The Hall–Kier alpha value is -1.13. The quantitative estimate of drug-likeness (QED) is 0.907. The third kappa shape index (κ3) is 2.47. The van der Waals surface area contributed by atoms with E-state index in [2.05, 4.69) is 59.9 Å². The number of aromatic nitrogens is 2. The number of nitrogens with zero attached hydrogens (tertiary/aromatic N) is 1. The number of benzene rings is 1. The van der Waals surface area contributed by atoms with Crippen LogP contribution in [-0.4, -0.2) is 16.7 Å². The molecule has 1 heterocycles. The van der Waals surface area contributed by atoms with Gasteiger partial charge in [0.15, 0.2) is 0 Å². The van der Waals surface area contributed by atoms with Crippen molar-refractivity contribution < 1.29 is 0 Å². The lowest BCUT2D eigenvalue weighted by molar-refractivity contribution is 0.898. The monoisotopic (exact) mass is 321 g/mol. The zero-order chi connectivity index (χ0) is 14.2. The Morgan fingerprint density at radius 3 is 2.26 bits per heavy atom. The van der Waals surface area contributed by atoms with Crippen LogP contribution in [0.1, 0.15) is 27.9 Å². The van der Waals surface area contributed by atoms with E-state index in [4.69, 9.17) is 5.73 Å². The molecule has 0 saturated carbocycles. The normalized spacial score (nSPS) is 11.1. The van der Waals surface area contributed by atoms with Crippen LogP contribution in [0, 0.1) is 27.7 Å². The molecule has 0 saturated heterocycles. The molecule has 1 aromatic heterocycles. The summed E-state index contributed by atoms with van der Waals surface area (Å²) in [6.45, 7) is 9.21. The maximum Gasteiger partial charge on any atom is 0.107 e. The number of aryl methyl sites for hydroxylation is 2. The molecule has 0 atom stereocenters. The van der Waals surface area contributed by atoms with Crippen LogP contribution in [0.3, 0.4) is 0 Å². The van der Waals surface area contributed by atoms with Crippen LogP contribution >= 0.6 is 15.9 Å². The van der Waals surface area contributed by atoms with Crippen molar-refractivity contribution in [2.24, 2.45) is 5.73 Å². The summed E-state index contributed by atoms with van der Waals surface area (Å²) in [5, 5.41) is 7.57. The lowest BCUT2D eigenvalue weighted by Crippen LogP contribution is -2.03. The lowest BCUT2D eigenvalue weighted by atomic mass is 9.92. The van der Waals surface area contributed by atoms with Gasteiger partial charge in [0.25, 0.3) is 0 Å². The average molecular weight is 322 g/mol. The number of H-pyrrole nitrogens is 1. The Labute approximate surface area is 122 Å². The Morgan fingerprint density at radius 1 is 1.16 bits per heavy atom. The molecule has 19 heavy (non-hydrogen) atoms. The minimum atomic E-state index is 0.616. The van der Waals surface area contributed by atoms with Crippen LogP contribution in [-0.2, 0) is 6.42 Å². The van der Waals surface area contributed by atoms with Gasteiger partial charge in [0.05, 0.1) is 10.2 Å². The summed E-state index contributed by atoms with van der Waals surface area (Å²) in [4.78, 5) is 0. The molecule has 4 heteroatoms. The van der Waals surface area contributed by atoms with Crippen LogP contribution in [0.4, 0.5) is 0 Å². The van der Waals surface area contributed by atoms with E-state index in [1.807, 2.05) is 0 Å². The molecular weight excluding hydrogens is 302 g/mol. The topological polar surface area (TPSA) is 54.7 Å². The first-order valence-electron chi connectivity index (χ1n) is 6.48. The van der Waals surface area contributed by atoms with Crippen molar-refractivity contribution in [3.05, 3.63) is 38.5 Å². The average Bonchev–Trinajstić information content (AvgIpc) is 2.71. The predicted molar refractivity (Wildman–Crippen MR) is 83.4 cm³/mol. The number of halogens is 1. The summed E-state index contributed by atoms with van der Waals surface area (Å²) < 4.78 is 1.04. The van der Waals surface area contributed by atoms with Crippen molar-refractivity contribution in [2.45, 2.75) is 34.1 Å². The Kier molecular flexibility index (Phi) is 4.11. The van der Waals surface area contributed by atoms with Gasteiger partial charge in [0.2, 0.25) is 0 Å². The van der Waals surface area contributed by atoms with E-state index in [-0.39, 0.29) is 0 Å². The second-order valence-electron chi connectivity index (χ2n) is 5.04. The van der Waals surface area contributed by atoms with E-state index < -0.39 is 0 Å². The molecule has 3 N–H and O–H groups in total. The molecule has 0 aliphatic rings. The van der Waals surface area contributed by atoms with Crippen molar-refractivity contribution in [1.82, 2.24) is 10.2 Å². The summed E-state index contributed by atoms with van der Waals surface area (Å²) in [7, 11) is 0. The van der Waals surface area contributed by atoms with Crippen molar-refractivity contribution in [3.63, 3.8) is 0 Å². The van der Waals surface area contributed by atoms with E-state index in [0.29, 0.717) is 6.54 Å². The molecule has 0 aliphatic carbocycles. The number of nitrogens with one attached hydrogen (secondary N) is 1. The van der Waals surface area contributed by atoms with Gasteiger partial charge in [0.1, 0.15) is 5.69 Å². The maximum atomic E-state index is 5.62. The number of rotatable bonds is 3. The summed E-state index contributed by atoms with van der Waals surface area (Å²) in [5.41, 5.74) is 14.1. The number of aromatic amines is 1. The van der Waals surface area contributed by atoms with Gasteiger partial charge in [-0.2, -0.15) is 5.10 Å². The first kappa shape index (κ1) is 14.3. The van der Waals surface area contributed by atoms with Crippen LogP contribution in [0.2, 0.25) is 0 Å². The molecule has 3 nitrogen and oxygen atoms in total. The second kappa shape index (κ2) is 5.47. The lowest BCUT2D eigenvalue weighted by Gasteiger charge is -2.14. The van der Waals surface area contributed by atoms with Gasteiger partial charge in [-0.25, -0.2) is 0 Å². The zero-order valence-electron chi connectivity index (χ0n) is 11.9. The number of hydrogen-bond donors (Lipinski definition) is 2. The fourth-order valence-corrected chi connectivity index (χ4v) is 2.99. The molecule has 2 rings (SSSR count). The van der Waals surface area contributed by atoms with Crippen LogP contribution < -0.4 is 5.73 Å². The molecule has 0 bridgehead atoms. The van der Waals surface area contributed by atoms with Gasteiger partial charge in [-0.05, 0) is 72.4 Å². The Bertz CT molecular complexity index is 588. The first-order chi connectivity index (χ1) is 8.97. The standard InChI is InChI=1S/C15H20BrN3/c1-8-7-9(2)11(4)13(10(8)3)15-14(16)12(5-6-17)18-19-15/h7H,5-6,17H2,1-4H3,(H,18,19). The Balaban J connectivity index is 2.65. The summed E-state index contributed by atoms with van der Waals surface area (Å²) >= 11 is 3.66. The first-order valence-corrected chi connectivity index (χ1v) is 7.27. The van der Waals surface area contributed by atoms with E-state index in [1.54, 1.807) is 0 Å². The van der Waals surface area contributed by atoms with Crippen molar-refractivity contribution in [2.75, 3.05) is 6.54 Å². The number of nitrogens with two attached hydrogens (primary N) is 1. The van der Waals surface area contributed by atoms with Gasteiger partial charge in [-0.1, -0.05) is 6.07 Å². The second-order valence-corrected chi connectivity index (χ2v) is 5.83. The van der Waals surface area contributed by atoms with Gasteiger partial charge in [0, 0.05) is 12.0 Å². The third-order valence-corrected chi connectivity index (χ3v) is 4.63. The zero-order valence-corrected chi connectivity index (χ0v) is 13.5. The van der Waals surface area contributed by atoms with Gasteiger partial charge >= 0.3 is 0 Å². The summed E-state index contributed by atoms with van der Waals surface area (Å²) in [6.07, 6.45) is 0.802. The molecular formula is C15H20BrN3. The Morgan fingerprint density at radius 2 is 1.74 bits per heavy atom. The molecule has 0 amide bonds. The minimum Gasteiger partial charge on any atom is -0.330 e. The van der Waals surface area contributed by atoms with Crippen LogP contribution in [0.5, 0.6) is 0 Å². The van der Waals surface area contributed by atoms with Crippen LogP contribution in [0.15, 0.2) is 10.5 Å². The molecule has 2 aromatic rings. The fraction of sp³-hybridized carbons (Fsp3) is 0.400. The molecule has 0 spiro atoms. The van der Waals surface area contributed by atoms with E-state index in [9.17, 15) is 0 Å². The highest BCUT2D eigenvalue weighted by atomic mass is 79.9. The van der Waals surface area contributed by atoms with E-state index in [0.717, 1.165) is 22.3 Å². The maximum absolute atomic E-state index is 5.62. The molecule has 1 aromatic carbocycles. The third-order valence-electron chi connectivity index (χ3n) is 3.77. The molecule has 102 valence electrons. The van der Waals surface area contributed by atoms with Crippen molar-refractivity contribution >= 4 is 15.9 Å². The minimum absolute atomic E-state index is 0.616. The molecule has 0 fully saturated rings. The van der Waals surface area contributed by atoms with Crippen molar-refractivity contribution in [1.29, 1.82) is 0 Å². The highest BCUT2D eigenvalue weighted by molar-refractivity contribution is 9.10.